The Kier molecular flexibility index (Phi) is 8.30. The topological polar surface area (TPSA) is 32.3 Å². The molecule has 0 bridgehead atoms. The zero-order chi connectivity index (χ0) is 14.4. The quantitative estimate of drug-likeness (QED) is 0.868. The summed E-state index contributed by atoms with van der Waals surface area (Å²) in [6.07, 6.45) is 4.17. The number of rotatable bonds is 6. The summed E-state index contributed by atoms with van der Waals surface area (Å²) >= 11 is 1.77. The number of piperidine rings is 1. The summed E-state index contributed by atoms with van der Waals surface area (Å²) in [5.74, 6) is 1.44. The van der Waals surface area contributed by atoms with E-state index in [0.29, 0.717) is 24.2 Å². The standard InChI is InChI=1S/C16H26N2OS.ClH/c1-13(14-5-3-8-17-12-14)11-16(19)18(2)9-7-15-6-4-10-20-15;/h4,6,10,13-14,17H,3,5,7-9,11-12H2,1-2H3;1H. The Labute approximate surface area is 138 Å². The molecule has 1 saturated heterocycles. The molecule has 5 heteroatoms. The molecule has 1 amide bonds. The molecule has 1 aliphatic rings. The highest BCUT2D eigenvalue weighted by atomic mass is 35.5. The Balaban J connectivity index is 0.00000220. The lowest BCUT2D eigenvalue weighted by Gasteiger charge is -2.29. The van der Waals surface area contributed by atoms with Crippen molar-refractivity contribution >= 4 is 29.7 Å². The number of carbonyl (C=O) groups is 1. The molecule has 2 atom stereocenters. The largest absolute Gasteiger partial charge is 0.345 e. The van der Waals surface area contributed by atoms with Crippen molar-refractivity contribution in [3.8, 4) is 0 Å². The van der Waals surface area contributed by atoms with E-state index in [0.717, 1.165) is 26.1 Å². The van der Waals surface area contributed by atoms with Crippen LogP contribution in [-0.2, 0) is 11.2 Å². The first-order valence-electron chi connectivity index (χ1n) is 7.64. The van der Waals surface area contributed by atoms with Gasteiger partial charge in [-0.2, -0.15) is 0 Å². The molecule has 3 nitrogen and oxygen atoms in total. The van der Waals surface area contributed by atoms with Gasteiger partial charge in [-0.25, -0.2) is 0 Å². The van der Waals surface area contributed by atoms with Gasteiger partial charge in [-0.05, 0) is 55.6 Å². The molecule has 1 aliphatic heterocycles. The minimum Gasteiger partial charge on any atom is -0.345 e. The maximum Gasteiger partial charge on any atom is 0.222 e. The number of hydrogen-bond acceptors (Lipinski definition) is 3. The summed E-state index contributed by atoms with van der Waals surface area (Å²) in [7, 11) is 1.93. The first kappa shape index (κ1) is 18.5. The highest BCUT2D eigenvalue weighted by molar-refractivity contribution is 7.09. The summed E-state index contributed by atoms with van der Waals surface area (Å²) < 4.78 is 0. The van der Waals surface area contributed by atoms with Gasteiger partial charge in [-0.3, -0.25) is 4.79 Å². The lowest BCUT2D eigenvalue weighted by molar-refractivity contribution is -0.131. The predicted octanol–water partition coefficient (Wildman–Crippen LogP) is 3.20. The first-order valence-corrected chi connectivity index (χ1v) is 8.52. The van der Waals surface area contributed by atoms with Gasteiger partial charge in [0, 0.05) is 24.9 Å². The van der Waals surface area contributed by atoms with Crippen molar-refractivity contribution in [2.45, 2.75) is 32.6 Å². The summed E-state index contributed by atoms with van der Waals surface area (Å²) in [6.45, 7) is 5.27. The number of thiophene rings is 1. The molecule has 0 aliphatic carbocycles. The Bertz CT molecular complexity index is 404. The van der Waals surface area contributed by atoms with Crippen molar-refractivity contribution < 1.29 is 4.79 Å². The minimum atomic E-state index is 0. The molecule has 0 spiro atoms. The fourth-order valence-electron chi connectivity index (χ4n) is 2.82. The van der Waals surface area contributed by atoms with E-state index in [4.69, 9.17) is 0 Å². The van der Waals surface area contributed by atoms with Crippen LogP contribution in [0.5, 0.6) is 0 Å². The number of nitrogens with zero attached hydrogens (tertiary/aromatic N) is 1. The van der Waals surface area contributed by atoms with E-state index < -0.39 is 0 Å². The summed E-state index contributed by atoms with van der Waals surface area (Å²) in [5.41, 5.74) is 0. The van der Waals surface area contributed by atoms with E-state index in [-0.39, 0.29) is 12.4 Å². The van der Waals surface area contributed by atoms with Gasteiger partial charge < -0.3 is 10.2 Å². The van der Waals surface area contributed by atoms with E-state index in [1.54, 1.807) is 11.3 Å². The van der Waals surface area contributed by atoms with E-state index >= 15 is 0 Å². The van der Waals surface area contributed by atoms with Crippen molar-refractivity contribution in [3.63, 3.8) is 0 Å². The second-order valence-electron chi connectivity index (χ2n) is 5.93. The fourth-order valence-corrected chi connectivity index (χ4v) is 3.52. The van der Waals surface area contributed by atoms with Crippen LogP contribution in [0.4, 0.5) is 0 Å². The van der Waals surface area contributed by atoms with Gasteiger partial charge in [0.15, 0.2) is 0 Å². The number of halogens is 1. The molecule has 2 heterocycles. The second-order valence-corrected chi connectivity index (χ2v) is 6.96. The number of hydrogen-bond donors (Lipinski definition) is 1. The predicted molar refractivity (Wildman–Crippen MR) is 92.3 cm³/mol. The number of carbonyl (C=O) groups excluding carboxylic acids is 1. The molecule has 0 saturated carbocycles. The molecule has 1 aromatic rings. The molecule has 1 fully saturated rings. The summed E-state index contributed by atoms with van der Waals surface area (Å²) in [4.78, 5) is 15.5. The Morgan fingerprint density at radius 3 is 3.00 bits per heavy atom. The monoisotopic (exact) mass is 330 g/mol. The summed E-state index contributed by atoms with van der Waals surface area (Å²) in [6, 6.07) is 4.21. The number of nitrogens with one attached hydrogen (secondary N) is 1. The van der Waals surface area contributed by atoms with Gasteiger partial charge in [-0.1, -0.05) is 13.0 Å². The molecule has 1 aromatic heterocycles. The van der Waals surface area contributed by atoms with Crippen LogP contribution in [0, 0.1) is 11.8 Å². The van der Waals surface area contributed by atoms with Crippen molar-refractivity contribution in [1.29, 1.82) is 0 Å². The van der Waals surface area contributed by atoms with E-state index in [9.17, 15) is 4.79 Å². The van der Waals surface area contributed by atoms with Crippen LogP contribution in [0.25, 0.3) is 0 Å². The molecule has 0 aromatic carbocycles. The molecule has 2 rings (SSSR count). The lowest BCUT2D eigenvalue weighted by atomic mass is 9.85. The highest BCUT2D eigenvalue weighted by Crippen LogP contribution is 2.23. The Morgan fingerprint density at radius 1 is 1.57 bits per heavy atom. The molecule has 1 N–H and O–H groups in total. The van der Waals surface area contributed by atoms with Crippen LogP contribution in [0.3, 0.4) is 0 Å². The Hall–Kier alpha value is -0.580. The van der Waals surface area contributed by atoms with Gasteiger partial charge in [0.1, 0.15) is 0 Å². The molecular weight excluding hydrogens is 304 g/mol. The molecule has 120 valence electrons. The number of amides is 1. The van der Waals surface area contributed by atoms with Gasteiger partial charge in [0.05, 0.1) is 0 Å². The van der Waals surface area contributed by atoms with Crippen LogP contribution in [-0.4, -0.2) is 37.5 Å². The average Bonchev–Trinajstić information content (AvgIpc) is 2.98. The van der Waals surface area contributed by atoms with Crippen LogP contribution >= 0.6 is 23.7 Å². The average molecular weight is 331 g/mol. The van der Waals surface area contributed by atoms with Crippen LogP contribution in [0.2, 0.25) is 0 Å². The van der Waals surface area contributed by atoms with Crippen molar-refractivity contribution in [2.24, 2.45) is 11.8 Å². The van der Waals surface area contributed by atoms with Gasteiger partial charge in [-0.15, -0.1) is 23.7 Å². The van der Waals surface area contributed by atoms with E-state index in [1.807, 2.05) is 11.9 Å². The molecular formula is C16H27ClN2OS. The number of likely N-dealkylation sites (N-methyl/N-ethyl adjacent to an activating group) is 1. The van der Waals surface area contributed by atoms with Crippen molar-refractivity contribution in [1.82, 2.24) is 10.2 Å². The second kappa shape index (κ2) is 9.44. The van der Waals surface area contributed by atoms with Crippen LogP contribution < -0.4 is 5.32 Å². The van der Waals surface area contributed by atoms with Crippen molar-refractivity contribution in [3.05, 3.63) is 22.4 Å². The maximum atomic E-state index is 12.3. The SMILES string of the molecule is CC(CC(=O)N(C)CCc1cccs1)C1CCCNC1.Cl. The van der Waals surface area contributed by atoms with Gasteiger partial charge in [0.25, 0.3) is 0 Å². The molecule has 21 heavy (non-hydrogen) atoms. The molecule has 0 radical (unpaired) electrons. The van der Waals surface area contributed by atoms with Crippen LogP contribution in [0.15, 0.2) is 17.5 Å². The van der Waals surface area contributed by atoms with Gasteiger partial charge in [0.2, 0.25) is 5.91 Å². The van der Waals surface area contributed by atoms with Gasteiger partial charge >= 0.3 is 0 Å². The summed E-state index contributed by atoms with van der Waals surface area (Å²) in [5, 5.41) is 5.53. The van der Waals surface area contributed by atoms with Crippen molar-refractivity contribution in [2.75, 3.05) is 26.7 Å². The lowest BCUT2D eigenvalue weighted by Crippen LogP contribution is -2.36. The smallest absolute Gasteiger partial charge is 0.222 e. The zero-order valence-corrected chi connectivity index (χ0v) is 14.6. The first-order chi connectivity index (χ1) is 9.66. The zero-order valence-electron chi connectivity index (χ0n) is 13.0. The van der Waals surface area contributed by atoms with Crippen LogP contribution in [0.1, 0.15) is 31.1 Å². The van der Waals surface area contributed by atoms with E-state index in [2.05, 4.69) is 29.8 Å². The fraction of sp³-hybridized carbons (Fsp3) is 0.688. The third-order valence-electron chi connectivity index (χ3n) is 4.34. The molecule has 2 unspecified atom stereocenters. The maximum absolute atomic E-state index is 12.3. The Morgan fingerprint density at radius 2 is 2.38 bits per heavy atom. The third-order valence-corrected chi connectivity index (χ3v) is 5.27. The third kappa shape index (κ3) is 5.97. The highest BCUT2D eigenvalue weighted by Gasteiger charge is 2.23. The minimum absolute atomic E-state index is 0. The van der Waals surface area contributed by atoms with E-state index in [1.165, 1.54) is 17.7 Å². The normalized spacial score (nSPS) is 19.6.